The Morgan fingerprint density at radius 2 is 1.25 bits per heavy atom. The third-order valence-corrected chi connectivity index (χ3v) is 8.63. The minimum Gasteiger partial charge on any atom is -0.480 e. The molecule has 2 amide bonds. The molecule has 0 aliphatic carbocycles. The molecule has 7 heterocycles. The molecule has 0 spiro atoms. The number of piperidine rings is 6. The van der Waals surface area contributed by atoms with Crippen LogP contribution in [-0.4, -0.2) is 100 Å². The minimum absolute atomic E-state index is 0.00579. The predicted octanol–water partition coefficient (Wildman–Crippen LogP) is 0.131. The third kappa shape index (κ3) is 4.94. The second-order valence-electron chi connectivity index (χ2n) is 10.6. The van der Waals surface area contributed by atoms with Gasteiger partial charge in [-0.2, -0.15) is 0 Å². The number of carboxylic acid groups (broad SMARTS) is 2. The van der Waals surface area contributed by atoms with Gasteiger partial charge in [-0.25, -0.2) is 9.59 Å². The summed E-state index contributed by atoms with van der Waals surface area (Å²) < 4.78 is 0. The molecule has 6 saturated heterocycles. The van der Waals surface area contributed by atoms with Crippen molar-refractivity contribution < 1.29 is 29.4 Å². The molecule has 11 nitrogen and oxygen atoms in total. The molecule has 11 heteroatoms. The fraction of sp³-hybridized carbons (Fsp3) is 0.640. The molecular weight excluding hydrogens is 466 g/mol. The monoisotopic (exact) mass is 499 g/mol. The fourth-order valence-electron chi connectivity index (χ4n) is 6.58. The van der Waals surface area contributed by atoms with Crippen molar-refractivity contribution in [1.82, 2.24) is 25.4 Å². The zero-order chi connectivity index (χ0) is 25.4. The van der Waals surface area contributed by atoms with Crippen molar-refractivity contribution in [1.29, 1.82) is 0 Å². The maximum atomic E-state index is 12.8. The van der Waals surface area contributed by atoms with Crippen LogP contribution in [0.1, 0.15) is 46.5 Å². The fourth-order valence-corrected chi connectivity index (χ4v) is 6.58. The Morgan fingerprint density at radius 1 is 0.778 bits per heavy atom. The van der Waals surface area contributed by atoms with Crippen LogP contribution in [0.4, 0.5) is 0 Å². The van der Waals surface area contributed by atoms with Gasteiger partial charge in [0, 0.05) is 31.1 Å². The molecule has 6 aliphatic heterocycles. The number of carboxylic acids is 2. The van der Waals surface area contributed by atoms with Gasteiger partial charge in [0.1, 0.15) is 17.8 Å². The number of hydrogen-bond donors (Lipinski definition) is 4. The third-order valence-electron chi connectivity index (χ3n) is 8.63. The molecule has 0 saturated carbocycles. The number of nitrogens with one attached hydrogen (secondary N) is 2. The van der Waals surface area contributed by atoms with Crippen molar-refractivity contribution in [2.45, 2.75) is 37.8 Å². The van der Waals surface area contributed by atoms with Gasteiger partial charge in [0.2, 0.25) is 0 Å². The topological polar surface area (TPSA) is 152 Å². The van der Waals surface area contributed by atoms with Crippen LogP contribution in [0, 0.1) is 23.7 Å². The van der Waals surface area contributed by atoms with Crippen molar-refractivity contribution in [3.05, 3.63) is 29.6 Å². The largest absolute Gasteiger partial charge is 0.480 e. The van der Waals surface area contributed by atoms with Gasteiger partial charge < -0.3 is 30.6 Å². The lowest BCUT2D eigenvalue weighted by atomic mass is 9.75. The van der Waals surface area contributed by atoms with Crippen LogP contribution in [0.2, 0.25) is 0 Å². The number of hydrogen-bond acceptors (Lipinski definition) is 7. The first-order valence-corrected chi connectivity index (χ1v) is 12.8. The molecule has 4 atom stereocenters. The molecule has 6 aliphatic rings. The Hall–Kier alpha value is -3.05. The highest BCUT2D eigenvalue weighted by molar-refractivity contribution is 5.98. The summed E-state index contributed by atoms with van der Waals surface area (Å²) in [5.41, 5.74) is 0.150. The van der Waals surface area contributed by atoms with E-state index >= 15 is 0 Å². The molecule has 36 heavy (non-hydrogen) atoms. The van der Waals surface area contributed by atoms with Crippen LogP contribution >= 0.6 is 0 Å². The smallest absolute Gasteiger partial charge is 0.326 e. The molecule has 7 rings (SSSR count). The maximum absolute atomic E-state index is 12.8. The summed E-state index contributed by atoms with van der Waals surface area (Å²) in [6.07, 6.45) is 4.97. The van der Waals surface area contributed by atoms with Gasteiger partial charge in [0.25, 0.3) is 11.8 Å². The number of carbonyl (C=O) groups excluding carboxylic acids is 2. The highest BCUT2D eigenvalue weighted by Gasteiger charge is 2.43. The zero-order valence-corrected chi connectivity index (χ0v) is 20.1. The summed E-state index contributed by atoms with van der Waals surface area (Å²) >= 11 is 0. The average Bonchev–Trinajstić information content (AvgIpc) is 2.91. The second-order valence-corrected chi connectivity index (χ2v) is 10.6. The molecule has 1 aromatic heterocycles. The molecule has 0 radical (unpaired) electrons. The van der Waals surface area contributed by atoms with Crippen LogP contribution in [0.3, 0.4) is 0 Å². The van der Waals surface area contributed by atoms with Gasteiger partial charge in [0.15, 0.2) is 0 Å². The first-order valence-electron chi connectivity index (χ1n) is 12.8. The van der Waals surface area contributed by atoms with Gasteiger partial charge in [-0.3, -0.25) is 14.6 Å². The molecular formula is C25H33N5O6. The van der Waals surface area contributed by atoms with Crippen LogP contribution in [0.15, 0.2) is 18.3 Å². The summed E-state index contributed by atoms with van der Waals surface area (Å²) in [7, 11) is 0. The summed E-state index contributed by atoms with van der Waals surface area (Å²) in [5.74, 6) is -3.04. The molecule has 4 N–H and O–H groups in total. The van der Waals surface area contributed by atoms with E-state index in [-0.39, 0.29) is 34.9 Å². The number of carbonyl (C=O) groups is 4. The molecule has 4 bridgehead atoms. The number of fused-ring (bicyclic) bond motifs is 6. The first-order chi connectivity index (χ1) is 17.3. The Morgan fingerprint density at radius 3 is 1.61 bits per heavy atom. The summed E-state index contributed by atoms with van der Waals surface area (Å²) in [6, 6.07) is 0.778. The Kier molecular flexibility index (Phi) is 6.94. The van der Waals surface area contributed by atoms with Gasteiger partial charge in [-0.1, -0.05) is 0 Å². The standard InChI is InChI=1S/C25H33N5O6/c31-22(27-20(24(33)34)17-12-29-7-3-14(17)4-8-29)16-1-2-19(26-11-16)23(32)28-21(25(35)36)18-13-30-9-5-15(18)6-10-30/h1-2,11,14-15,17-18,20-21H,3-10,12-13H2,(H,27,31)(H,28,32)(H,33,34)(H,35,36)/t17-,18-,20+,21+/m0/s1. The van der Waals surface area contributed by atoms with Gasteiger partial charge in [-0.05, 0) is 75.8 Å². The van der Waals surface area contributed by atoms with Crippen molar-refractivity contribution >= 4 is 23.8 Å². The lowest BCUT2D eigenvalue weighted by molar-refractivity contribution is -0.143. The number of pyridine rings is 1. The van der Waals surface area contributed by atoms with Crippen molar-refractivity contribution in [3.63, 3.8) is 0 Å². The summed E-state index contributed by atoms with van der Waals surface area (Å²) in [6.45, 7) is 5.18. The van der Waals surface area contributed by atoms with Crippen LogP contribution < -0.4 is 10.6 Å². The molecule has 0 aromatic carbocycles. The Balaban J connectivity index is 1.22. The lowest BCUT2D eigenvalue weighted by Gasteiger charge is -2.46. The number of aromatic nitrogens is 1. The number of aliphatic carboxylic acids is 2. The summed E-state index contributed by atoms with van der Waals surface area (Å²) in [4.78, 5) is 58.1. The van der Waals surface area contributed by atoms with E-state index in [0.29, 0.717) is 13.1 Å². The van der Waals surface area contributed by atoms with Crippen molar-refractivity contribution in [2.75, 3.05) is 39.3 Å². The van der Waals surface area contributed by atoms with Gasteiger partial charge in [-0.15, -0.1) is 0 Å². The number of amides is 2. The highest BCUT2D eigenvalue weighted by Crippen LogP contribution is 2.35. The second kappa shape index (κ2) is 10.1. The summed E-state index contributed by atoms with van der Waals surface area (Å²) in [5, 5.41) is 24.9. The maximum Gasteiger partial charge on any atom is 0.326 e. The van der Waals surface area contributed by atoms with E-state index in [4.69, 9.17) is 0 Å². The van der Waals surface area contributed by atoms with Crippen LogP contribution in [-0.2, 0) is 9.59 Å². The van der Waals surface area contributed by atoms with E-state index in [1.165, 1.54) is 18.3 Å². The van der Waals surface area contributed by atoms with Crippen molar-refractivity contribution in [2.24, 2.45) is 23.7 Å². The molecule has 1 aromatic rings. The Labute approximate surface area is 209 Å². The normalized spacial score (nSPS) is 32.3. The zero-order valence-electron chi connectivity index (χ0n) is 20.1. The van der Waals surface area contributed by atoms with E-state index in [1.54, 1.807) is 0 Å². The lowest BCUT2D eigenvalue weighted by Crippen LogP contribution is -2.58. The molecule has 0 unspecified atom stereocenters. The van der Waals surface area contributed by atoms with Gasteiger partial charge in [0.05, 0.1) is 5.56 Å². The Bertz CT molecular complexity index is 935. The SMILES string of the molecule is O=C(N[C@@H](C(=O)O)[C@H]1CN2CCC1CC2)c1ccc(C(=O)N[C@@H](C(=O)O)[C@H]2CN3CCC2CC3)nc1. The van der Waals surface area contributed by atoms with Crippen LogP contribution in [0.5, 0.6) is 0 Å². The van der Waals surface area contributed by atoms with E-state index in [0.717, 1.165) is 51.9 Å². The molecule has 194 valence electrons. The van der Waals surface area contributed by atoms with E-state index in [9.17, 15) is 29.4 Å². The number of nitrogens with zero attached hydrogens (tertiary/aromatic N) is 3. The molecule has 6 fully saturated rings. The van der Waals surface area contributed by atoms with E-state index in [1.807, 2.05) is 0 Å². The van der Waals surface area contributed by atoms with Crippen LogP contribution in [0.25, 0.3) is 0 Å². The average molecular weight is 500 g/mol. The van der Waals surface area contributed by atoms with Crippen molar-refractivity contribution in [3.8, 4) is 0 Å². The first kappa shape index (κ1) is 24.6. The minimum atomic E-state index is -1.06. The van der Waals surface area contributed by atoms with E-state index in [2.05, 4.69) is 25.4 Å². The predicted molar refractivity (Wildman–Crippen MR) is 127 cm³/mol. The quantitative estimate of drug-likeness (QED) is 0.391. The van der Waals surface area contributed by atoms with Gasteiger partial charge >= 0.3 is 11.9 Å². The van der Waals surface area contributed by atoms with E-state index < -0.39 is 35.8 Å². The number of rotatable bonds is 8. The highest BCUT2D eigenvalue weighted by atomic mass is 16.4.